The zero-order valence-electron chi connectivity index (χ0n) is 14.9. The Labute approximate surface area is 164 Å². The molecule has 0 aliphatic carbocycles. The Morgan fingerprint density at radius 1 is 1.15 bits per heavy atom. The van der Waals surface area contributed by atoms with Gasteiger partial charge in [0.1, 0.15) is 12.3 Å². The molecular weight excluding hydrogens is 414 g/mol. The summed E-state index contributed by atoms with van der Waals surface area (Å²) in [5.74, 6) is 0.574. The third-order valence-corrected chi connectivity index (χ3v) is 4.57. The molecule has 2 aromatic carbocycles. The van der Waals surface area contributed by atoms with Crippen LogP contribution in [0, 0.1) is 0 Å². The average molecular weight is 432 g/mol. The van der Waals surface area contributed by atoms with E-state index in [2.05, 4.69) is 31.3 Å². The van der Waals surface area contributed by atoms with E-state index < -0.39 is 5.97 Å². The van der Waals surface area contributed by atoms with Crippen LogP contribution in [0.2, 0.25) is 0 Å². The van der Waals surface area contributed by atoms with E-state index in [1.165, 1.54) is 0 Å². The molecule has 0 aliphatic rings. The fourth-order valence-electron chi connectivity index (χ4n) is 2.48. The van der Waals surface area contributed by atoms with Crippen molar-refractivity contribution in [2.45, 2.75) is 13.5 Å². The van der Waals surface area contributed by atoms with Crippen molar-refractivity contribution in [1.29, 1.82) is 0 Å². The van der Waals surface area contributed by atoms with Crippen LogP contribution >= 0.6 is 15.9 Å². The lowest BCUT2D eigenvalue weighted by Crippen LogP contribution is -2.07. The van der Waals surface area contributed by atoms with Gasteiger partial charge in [0.15, 0.2) is 17.2 Å². The Kier molecular flexibility index (Phi) is 6.08. The van der Waals surface area contributed by atoms with Gasteiger partial charge in [0.25, 0.3) is 0 Å². The number of hydrogen-bond acceptors (Lipinski definition) is 6. The molecule has 0 saturated carbocycles. The maximum absolute atomic E-state index is 12.0. The van der Waals surface area contributed by atoms with Crippen molar-refractivity contribution in [3.8, 4) is 22.8 Å². The van der Waals surface area contributed by atoms with Crippen molar-refractivity contribution in [3.05, 3.63) is 58.2 Å². The molecule has 0 amide bonds. The Balaban J connectivity index is 1.84. The summed E-state index contributed by atoms with van der Waals surface area (Å²) in [4.78, 5) is 12.0. The Morgan fingerprint density at radius 2 is 1.96 bits per heavy atom. The van der Waals surface area contributed by atoms with Crippen LogP contribution in [0.15, 0.2) is 46.9 Å². The SMILES string of the molecule is CCOC(=O)c1n[nH]nc1-c1ccc(OCc2ccccc2Br)c(OC)c1. The summed E-state index contributed by atoms with van der Waals surface area (Å²) in [6.07, 6.45) is 0. The van der Waals surface area contributed by atoms with Crippen LogP contribution < -0.4 is 9.47 Å². The van der Waals surface area contributed by atoms with E-state index in [9.17, 15) is 4.79 Å². The van der Waals surface area contributed by atoms with Crippen LogP contribution in [0.3, 0.4) is 0 Å². The number of carbonyl (C=O) groups is 1. The number of esters is 1. The largest absolute Gasteiger partial charge is 0.493 e. The van der Waals surface area contributed by atoms with Crippen molar-refractivity contribution >= 4 is 21.9 Å². The highest BCUT2D eigenvalue weighted by atomic mass is 79.9. The number of nitrogens with zero attached hydrogens (tertiary/aromatic N) is 2. The van der Waals surface area contributed by atoms with E-state index in [1.54, 1.807) is 32.2 Å². The first-order chi connectivity index (χ1) is 13.1. The number of benzene rings is 2. The van der Waals surface area contributed by atoms with Gasteiger partial charge in [-0.1, -0.05) is 34.1 Å². The zero-order valence-corrected chi connectivity index (χ0v) is 16.4. The minimum absolute atomic E-state index is 0.126. The quantitative estimate of drug-likeness (QED) is 0.568. The number of carbonyl (C=O) groups excluding carboxylic acids is 1. The van der Waals surface area contributed by atoms with Gasteiger partial charge in [-0.25, -0.2) is 4.79 Å². The summed E-state index contributed by atoms with van der Waals surface area (Å²) in [6.45, 7) is 2.38. The first-order valence-electron chi connectivity index (χ1n) is 8.26. The molecule has 3 rings (SSSR count). The van der Waals surface area contributed by atoms with E-state index in [-0.39, 0.29) is 12.3 Å². The lowest BCUT2D eigenvalue weighted by Gasteiger charge is -2.12. The van der Waals surface area contributed by atoms with E-state index >= 15 is 0 Å². The molecule has 0 bridgehead atoms. The van der Waals surface area contributed by atoms with Gasteiger partial charge in [0.05, 0.1) is 13.7 Å². The highest BCUT2D eigenvalue weighted by Crippen LogP contribution is 2.33. The Bertz CT molecular complexity index is 942. The zero-order chi connectivity index (χ0) is 19.2. The summed E-state index contributed by atoms with van der Waals surface area (Å²) in [7, 11) is 1.56. The van der Waals surface area contributed by atoms with Gasteiger partial charge in [0.2, 0.25) is 0 Å². The minimum Gasteiger partial charge on any atom is -0.493 e. The van der Waals surface area contributed by atoms with E-state index in [0.717, 1.165) is 10.0 Å². The lowest BCUT2D eigenvalue weighted by molar-refractivity contribution is 0.0520. The van der Waals surface area contributed by atoms with Gasteiger partial charge < -0.3 is 14.2 Å². The number of methoxy groups -OCH3 is 1. The topological polar surface area (TPSA) is 86.3 Å². The molecular formula is C19H18BrN3O4. The summed E-state index contributed by atoms with van der Waals surface area (Å²) in [6, 6.07) is 13.1. The first-order valence-corrected chi connectivity index (χ1v) is 9.05. The van der Waals surface area contributed by atoms with Crippen molar-refractivity contribution < 1.29 is 19.0 Å². The monoisotopic (exact) mass is 431 g/mol. The van der Waals surface area contributed by atoms with Gasteiger partial charge in [-0.2, -0.15) is 10.3 Å². The van der Waals surface area contributed by atoms with Gasteiger partial charge >= 0.3 is 5.97 Å². The second-order valence-corrected chi connectivity index (χ2v) is 6.34. The van der Waals surface area contributed by atoms with Gasteiger partial charge in [-0.05, 0) is 31.2 Å². The van der Waals surface area contributed by atoms with Crippen molar-refractivity contribution in [3.63, 3.8) is 0 Å². The first kappa shape index (κ1) is 18.9. The molecule has 27 heavy (non-hydrogen) atoms. The molecule has 0 fully saturated rings. The summed E-state index contributed by atoms with van der Waals surface area (Å²) in [5, 5.41) is 10.4. The normalized spacial score (nSPS) is 10.5. The molecule has 1 heterocycles. The number of aromatic amines is 1. The van der Waals surface area contributed by atoms with Crippen LogP contribution in [0.5, 0.6) is 11.5 Å². The molecule has 0 unspecified atom stereocenters. The third-order valence-electron chi connectivity index (χ3n) is 3.79. The second kappa shape index (κ2) is 8.68. The number of H-pyrrole nitrogens is 1. The predicted octanol–water partition coefficient (Wildman–Crippen LogP) is 4.00. The molecule has 3 aromatic rings. The van der Waals surface area contributed by atoms with Gasteiger partial charge in [-0.3, -0.25) is 0 Å². The molecule has 7 nitrogen and oxygen atoms in total. The summed E-state index contributed by atoms with van der Waals surface area (Å²) >= 11 is 3.50. The maximum atomic E-state index is 12.0. The fourth-order valence-corrected chi connectivity index (χ4v) is 2.88. The van der Waals surface area contributed by atoms with Crippen LogP contribution in [0.25, 0.3) is 11.3 Å². The number of rotatable bonds is 7. The van der Waals surface area contributed by atoms with Crippen LogP contribution in [0.1, 0.15) is 23.0 Å². The van der Waals surface area contributed by atoms with Gasteiger partial charge in [-0.15, -0.1) is 5.10 Å². The number of nitrogens with one attached hydrogen (secondary N) is 1. The molecule has 0 atom stereocenters. The standard InChI is InChI=1S/C19H18BrN3O4/c1-3-26-19(24)18-17(21-23-22-18)12-8-9-15(16(10-12)25-2)27-11-13-6-4-5-7-14(13)20/h4-10H,3,11H2,1-2H3,(H,21,22,23). The predicted molar refractivity (Wildman–Crippen MR) is 103 cm³/mol. The Hall–Kier alpha value is -2.87. The Morgan fingerprint density at radius 3 is 2.70 bits per heavy atom. The number of aromatic nitrogens is 3. The molecule has 8 heteroatoms. The molecule has 1 N–H and O–H groups in total. The van der Waals surface area contributed by atoms with E-state index in [0.29, 0.717) is 29.4 Å². The highest BCUT2D eigenvalue weighted by Gasteiger charge is 2.20. The maximum Gasteiger partial charge on any atom is 0.361 e. The molecule has 0 saturated heterocycles. The molecule has 1 aromatic heterocycles. The third kappa shape index (κ3) is 4.28. The summed E-state index contributed by atoms with van der Waals surface area (Å²) in [5.41, 5.74) is 2.20. The van der Waals surface area contributed by atoms with Crippen LogP contribution in [-0.4, -0.2) is 35.1 Å². The minimum atomic E-state index is -0.533. The number of hydrogen-bond donors (Lipinski definition) is 1. The average Bonchev–Trinajstić information content (AvgIpc) is 3.17. The van der Waals surface area contributed by atoms with Crippen LogP contribution in [0.4, 0.5) is 0 Å². The van der Waals surface area contributed by atoms with Crippen molar-refractivity contribution in [2.75, 3.05) is 13.7 Å². The number of halogens is 1. The number of ether oxygens (including phenoxy) is 3. The molecule has 0 radical (unpaired) electrons. The second-order valence-electron chi connectivity index (χ2n) is 5.49. The smallest absolute Gasteiger partial charge is 0.361 e. The van der Waals surface area contributed by atoms with E-state index in [4.69, 9.17) is 14.2 Å². The van der Waals surface area contributed by atoms with Crippen molar-refractivity contribution in [1.82, 2.24) is 15.4 Å². The molecule has 0 aliphatic heterocycles. The lowest BCUT2D eigenvalue weighted by atomic mass is 10.1. The van der Waals surface area contributed by atoms with Crippen LogP contribution in [-0.2, 0) is 11.3 Å². The molecule has 0 spiro atoms. The fraction of sp³-hybridized carbons (Fsp3) is 0.211. The van der Waals surface area contributed by atoms with Crippen molar-refractivity contribution in [2.24, 2.45) is 0 Å². The molecule has 140 valence electrons. The van der Waals surface area contributed by atoms with E-state index in [1.807, 2.05) is 24.3 Å². The highest BCUT2D eigenvalue weighted by molar-refractivity contribution is 9.10. The summed E-state index contributed by atoms with van der Waals surface area (Å²) < 4.78 is 17.3. The van der Waals surface area contributed by atoms with Gasteiger partial charge in [0, 0.05) is 15.6 Å².